The van der Waals surface area contributed by atoms with Crippen LogP contribution >= 0.6 is 34.8 Å². The summed E-state index contributed by atoms with van der Waals surface area (Å²) in [5.41, 5.74) is 2.30. The normalized spacial score (nSPS) is 15.1. The zero-order valence-corrected chi connectivity index (χ0v) is 19.8. The minimum atomic E-state index is -0.558. The van der Waals surface area contributed by atoms with Crippen LogP contribution in [0.15, 0.2) is 48.0 Å². The molecule has 2 aromatic rings. The Morgan fingerprint density at radius 3 is 2.52 bits per heavy atom. The van der Waals surface area contributed by atoms with Crippen LogP contribution in [0, 0.1) is 3.57 Å². The fourth-order valence-electron chi connectivity index (χ4n) is 2.86. The van der Waals surface area contributed by atoms with Crippen molar-refractivity contribution in [3.63, 3.8) is 0 Å². The lowest BCUT2D eigenvalue weighted by Gasteiger charge is -2.29. The number of benzene rings is 2. The molecule has 1 N–H and O–H groups in total. The summed E-state index contributed by atoms with van der Waals surface area (Å²) in [4.78, 5) is 38.1. The van der Waals surface area contributed by atoms with Crippen LogP contribution in [0.4, 0.5) is 5.69 Å². The first-order valence-corrected chi connectivity index (χ1v) is 10.8. The van der Waals surface area contributed by atoms with Gasteiger partial charge in [0.1, 0.15) is 11.3 Å². The van der Waals surface area contributed by atoms with E-state index in [9.17, 15) is 14.4 Å². The van der Waals surface area contributed by atoms with E-state index in [0.717, 1.165) is 12.0 Å². The van der Waals surface area contributed by atoms with Gasteiger partial charge in [-0.1, -0.05) is 25.1 Å². The number of amides is 2. The van der Waals surface area contributed by atoms with Crippen molar-refractivity contribution in [1.29, 1.82) is 0 Å². The SMILES string of the molecule is CCc1ccc(N2C(=O)/C(=C/c3ccc(OCC(=O)OC)c(I)c3)C(=O)NC2=S)cc1. The second kappa shape index (κ2) is 10.0. The summed E-state index contributed by atoms with van der Waals surface area (Å²) in [5, 5.41) is 2.61. The fourth-order valence-corrected chi connectivity index (χ4v) is 3.83. The highest BCUT2D eigenvalue weighted by Gasteiger charge is 2.34. The molecule has 0 bridgehead atoms. The van der Waals surface area contributed by atoms with Crippen molar-refractivity contribution in [3.05, 3.63) is 62.7 Å². The molecule has 160 valence electrons. The second-order valence-electron chi connectivity index (χ2n) is 6.53. The lowest BCUT2D eigenvalue weighted by atomic mass is 10.1. The highest BCUT2D eigenvalue weighted by Crippen LogP contribution is 2.26. The van der Waals surface area contributed by atoms with Gasteiger partial charge in [-0.2, -0.15) is 0 Å². The van der Waals surface area contributed by atoms with Gasteiger partial charge in [0.15, 0.2) is 11.7 Å². The highest BCUT2D eigenvalue weighted by molar-refractivity contribution is 14.1. The lowest BCUT2D eigenvalue weighted by molar-refractivity contribution is -0.143. The van der Waals surface area contributed by atoms with Crippen LogP contribution < -0.4 is 15.0 Å². The average molecular weight is 550 g/mol. The third kappa shape index (κ3) is 5.28. The van der Waals surface area contributed by atoms with Crippen molar-refractivity contribution >= 4 is 69.5 Å². The summed E-state index contributed by atoms with van der Waals surface area (Å²) >= 11 is 7.28. The Labute approximate surface area is 198 Å². The van der Waals surface area contributed by atoms with Crippen molar-refractivity contribution in [1.82, 2.24) is 5.32 Å². The number of anilines is 1. The number of hydrogen-bond donors (Lipinski definition) is 1. The number of hydrogen-bond acceptors (Lipinski definition) is 6. The molecule has 0 unspecified atom stereocenters. The molecular formula is C22H19IN2O5S. The quantitative estimate of drug-likeness (QED) is 0.196. The number of nitrogens with one attached hydrogen (secondary N) is 1. The fraction of sp³-hybridized carbons (Fsp3) is 0.182. The van der Waals surface area contributed by atoms with Crippen LogP contribution in [0.3, 0.4) is 0 Å². The Hall–Kier alpha value is -2.79. The number of carbonyl (C=O) groups is 3. The van der Waals surface area contributed by atoms with Gasteiger partial charge in [0, 0.05) is 0 Å². The van der Waals surface area contributed by atoms with E-state index in [2.05, 4.69) is 10.1 Å². The number of methoxy groups -OCH3 is 1. The summed E-state index contributed by atoms with van der Waals surface area (Å²) in [6.07, 6.45) is 2.37. The molecule has 0 aromatic heterocycles. The van der Waals surface area contributed by atoms with Gasteiger partial charge >= 0.3 is 5.97 Å². The maximum absolute atomic E-state index is 13.1. The molecule has 0 radical (unpaired) electrons. The van der Waals surface area contributed by atoms with Gasteiger partial charge in [-0.05, 0) is 82.7 Å². The Morgan fingerprint density at radius 2 is 1.90 bits per heavy atom. The number of carbonyl (C=O) groups excluding carboxylic acids is 3. The molecule has 1 aliphatic heterocycles. The van der Waals surface area contributed by atoms with E-state index in [1.807, 2.05) is 41.6 Å². The number of aryl methyl sites for hydroxylation is 1. The van der Waals surface area contributed by atoms with Crippen LogP contribution in [0.2, 0.25) is 0 Å². The first-order valence-electron chi connectivity index (χ1n) is 9.33. The number of halogens is 1. The molecular weight excluding hydrogens is 531 g/mol. The standard InChI is InChI=1S/C22H19IN2O5S/c1-3-13-4-7-15(8-5-13)25-21(28)16(20(27)24-22(25)31)10-14-6-9-18(17(23)11-14)30-12-19(26)29-2/h4-11H,3,12H2,1-2H3,(H,24,27,31)/b16-10+. The predicted octanol–water partition coefficient (Wildman–Crippen LogP) is 3.24. The van der Waals surface area contributed by atoms with Crippen molar-refractivity contribution in [2.45, 2.75) is 13.3 Å². The molecule has 0 aliphatic carbocycles. The molecule has 1 fully saturated rings. The van der Waals surface area contributed by atoms with Gasteiger partial charge in [0.25, 0.3) is 11.8 Å². The molecule has 31 heavy (non-hydrogen) atoms. The van der Waals surface area contributed by atoms with E-state index in [1.54, 1.807) is 30.3 Å². The molecule has 0 atom stereocenters. The molecule has 9 heteroatoms. The van der Waals surface area contributed by atoms with Crippen LogP contribution in [0.25, 0.3) is 6.08 Å². The van der Waals surface area contributed by atoms with Crippen LogP contribution in [-0.2, 0) is 25.5 Å². The van der Waals surface area contributed by atoms with Crippen LogP contribution in [0.1, 0.15) is 18.1 Å². The van der Waals surface area contributed by atoms with Crippen LogP contribution in [-0.4, -0.2) is 36.6 Å². The van der Waals surface area contributed by atoms with E-state index in [0.29, 0.717) is 20.6 Å². The molecule has 1 heterocycles. The molecule has 0 saturated carbocycles. The molecule has 3 rings (SSSR count). The molecule has 7 nitrogen and oxygen atoms in total. The summed E-state index contributed by atoms with van der Waals surface area (Å²) < 4.78 is 10.7. The van der Waals surface area contributed by atoms with E-state index in [1.165, 1.54) is 18.1 Å². The minimum absolute atomic E-state index is 0.0350. The molecule has 2 amide bonds. The number of thiocarbonyl (C=S) groups is 1. The van der Waals surface area contributed by atoms with E-state index >= 15 is 0 Å². The topological polar surface area (TPSA) is 84.9 Å². The minimum Gasteiger partial charge on any atom is -0.481 e. The molecule has 2 aromatic carbocycles. The van der Waals surface area contributed by atoms with Crippen molar-refractivity contribution in [2.24, 2.45) is 0 Å². The van der Waals surface area contributed by atoms with E-state index in [-0.39, 0.29) is 17.3 Å². The third-order valence-electron chi connectivity index (χ3n) is 4.54. The molecule has 1 saturated heterocycles. The van der Waals surface area contributed by atoms with Gasteiger partial charge in [-0.3, -0.25) is 19.8 Å². The Bertz CT molecular complexity index is 1080. The van der Waals surface area contributed by atoms with E-state index < -0.39 is 17.8 Å². The maximum Gasteiger partial charge on any atom is 0.343 e. The second-order valence-corrected chi connectivity index (χ2v) is 8.08. The van der Waals surface area contributed by atoms with Crippen molar-refractivity contribution < 1.29 is 23.9 Å². The zero-order chi connectivity index (χ0) is 22.5. The zero-order valence-electron chi connectivity index (χ0n) is 16.8. The maximum atomic E-state index is 13.1. The average Bonchev–Trinajstić information content (AvgIpc) is 2.76. The largest absolute Gasteiger partial charge is 0.481 e. The highest BCUT2D eigenvalue weighted by atomic mass is 127. The summed E-state index contributed by atoms with van der Waals surface area (Å²) in [6.45, 7) is 1.83. The Balaban J connectivity index is 1.87. The van der Waals surface area contributed by atoms with Crippen molar-refractivity contribution in [3.8, 4) is 5.75 Å². The monoisotopic (exact) mass is 550 g/mol. The summed E-state index contributed by atoms with van der Waals surface area (Å²) in [7, 11) is 1.28. The first kappa shape index (κ1) is 22.9. The van der Waals surface area contributed by atoms with E-state index in [4.69, 9.17) is 17.0 Å². The molecule has 0 spiro atoms. The lowest BCUT2D eigenvalue weighted by Crippen LogP contribution is -2.54. The van der Waals surface area contributed by atoms with Crippen LogP contribution in [0.5, 0.6) is 5.75 Å². The smallest absolute Gasteiger partial charge is 0.343 e. The third-order valence-corrected chi connectivity index (χ3v) is 5.67. The Kier molecular flexibility index (Phi) is 7.39. The summed E-state index contributed by atoms with van der Waals surface area (Å²) in [6, 6.07) is 12.5. The number of ether oxygens (including phenoxy) is 2. The summed E-state index contributed by atoms with van der Waals surface area (Å²) in [5.74, 6) is -1.06. The number of nitrogens with zero attached hydrogens (tertiary/aromatic N) is 1. The van der Waals surface area contributed by atoms with Gasteiger partial charge in [0.05, 0.1) is 16.4 Å². The number of esters is 1. The van der Waals surface area contributed by atoms with Gasteiger partial charge in [0.2, 0.25) is 0 Å². The van der Waals surface area contributed by atoms with Crippen molar-refractivity contribution in [2.75, 3.05) is 18.6 Å². The van der Waals surface area contributed by atoms with Gasteiger partial charge < -0.3 is 9.47 Å². The van der Waals surface area contributed by atoms with Gasteiger partial charge in [-0.15, -0.1) is 0 Å². The molecule has 1 aliphatic rings. The number of rotatable bonds is 6. The predicted molar refractivity (Wildman–Crippen MR) is 129 cm³/mol. The Morgan fingerprint density at radius 1 is 1.19 bits per heavy atom. The van der Waals surface area contributed by atoms with Gasteiger partial charge in [-0.25, -0.2) is 4.79 Å². The first-order chi connectivity index (χ1) is 14.8.